The fourth-order valence-electron chi connectivity index (χ4n) is 2.13. The smallest absolute Gasteiger partial charge is 0.232 e. The Kier molecular flexibility index (Phi) is 3.00. The number of oxazole rings is 1. The van der Waals surface area contributed by atoms with E-state index < -0.39 is 0 Å². The fourth-order valence-corrected chi connectivity index (χ4v) is 2.28. The van der Waals surface area contributed by atoms with Crippen LogP contribution in [0.2, 0.25) is 5.15 Å². The molecule has 0 spiro atoms. The van der Waals surface area contributed by atoms with E-state index >= 15 is 0 Å². The molecule has 3 heterocycles. The van der Waals surface area contributed by atoms with Crippen LogP contribution in [0, 0.1) is 0 Å². The van der Waals surface area contributed by atoms with Crippen molar-refractivity contribution < 1.29 is 9.15 Å². The molecule has 0 amide bonds. The first-order valence-corrected chi connectivity index (χ1v) is 7.16. The lowest BCUT2D eigenvalue weighted by Crippen LogP contribution is -1.97. The zero-order chi connectivity index (χ0) is 14.2. The number of ether oxygens (including phenoxy) is 1. The summed E-state index contributed by atoms with van der Waals surface area (Å²) in [6.07, 6.45) is 4.17. The third-order valence-electron chi connectivity index (χ3n) is 3.38. The second kappa shape index (κ2) is 5.00. The van der Waals surface area contributed by atoms with Gasteiger partial charge in [-0.2, -0.15) is 0 Å². The Hall–Kier alpha value is -2.14. The van der Waals surface area contributed by atoms with Crippen molar-refractivity contribution in [3.8, 4) is 5.88 Å². The predicted octanol–water partition coefficient (Wildman–Crippen LogP) is 3.73. The molecule has 6 heteroatoms. The number of nitrogens with zero attached hydrogens (tertiary/aromatic N) is 3. The van der Waals surface area contributed by atoms with Gasteiger partial charge < -0.3 is 9.15 Å². The number of halogens is 1. The maximum Gasteiger partial charge on any atom is 0.232 e. The van der Waals surface area contributed by atoms with Gasteiger partial charge in [0.2, 0.25) is 11.8 Å². The van der Waals surface area contributed by atoms with Gasteiger partial charge in [0.15, 0.2) is 6.61 Å². The Morgan fingerprint density at radius 2 is 1.95 bits per heavy atom. The van der Waals surface area contributed by atoms with Gasteiger partial charge >= 0.3 is 0 Å². The SMILES string of the molecule is Clc1ccc2nc(OCc3ncc(C4CC4)o3)ccc2n1. The zero-order valence-corrected chi connectivity index (χ0v) is 11.9. The van der Waals surface area contributed by atoms with Crippen molar-refractivity contribution in [1.82, 2.24) is 15.0 Å². The van der Waals surface area contributed by atoms with E-state index in [0.717, 1.165) is 16.8 Å². The Balaban J connectivity index is 1.49. The lowest BCUT2D eigenvalue weighted by Gasteiger charge is -2.04. The highest BCUT2D eigenvalue weighted by molar-refractivity contribution is 6.29. The summed E-state index contributed by atoms with van der Waals surface area (Å²) in [5, 5.41) is 0.449. The molecule has 3 aromatic rings. The van der Waals surface area contributed by atoms with E-state index in [1.54, 1.807) is 18.3 Å². The molecule has 5 nitrogen and oxygen atoms in total. The Labute approximate surface area is 125 Å². The standard InChI is InChI=1S/C15H12ClN3O2/c16-13-5-3-11-10(18-13)4-6-14(19-11)20-8-15-17-7-12(21-15)9-1-2-9/h3-7,9H,1-2,8H2. The van der Waals surface area contributed by atoms with Crippen LogP contribution in [0.4, 0.5) is 0 Å². The summed E-state index contributed by atoms with van der Waals surface area (Å²) >= 11 is 5.84. The summed E-state index contributed by atoms with van der Waals surface area (Å²) in [6.45, 7) is 0.270. The first-order chi connectivity index (χ1) is 10.3. The average molecular weight is 302 g/mol. The minimum Gasteiger partial charge on any atom is -0.468 e. The first-order valence-electron chi connectivity index (χ1n) is 6.79. The molecule has 4 rings (SSSR count). The fraction of sp³-hybridized carbons (Fsp3) is 0.267. The summed E-state index contributed by atoms with van der Waals surface area (Å²) < 4.78 is 11.3. The molecule has 106 valence electrons. The molecular formula is C15H12ClN3O2. The van der Waals surface area contributed by atoms with Gasteiger partial charge in [0, 0.05) is 12.0 Å². The topological polar surface area (TPSA) is 61.0 Å². The van der Waals surface area contributed by atoms with E-state index in [4.69, 9.17) is 20.8 Å². The van der Waals surface area contributed by atoms with Gasteiger partial charge in [-0.25, -0.2) is 15.0 Å². The first kappa shape index (κ1) is 12.6. The minimum atomic E-state index is 0.270. The minimum absolute atomic E-state index is 0.270. The van der Waals surface area contributed by atoms with Gasteiger partial charge in [-0.05, 0) is 31.0 Å². The van der Waals surface area contributed by atoms with E-state index in [2.05, 4.69) is 15.0 Å². The van der Waals surface area contributed by atoms with Crippen LogP contribution in [0.25, 0.3) is 11.0 Å². The van der Waals surface area contributed by atoms with E-state index in [1.807, 2.05) is 12.1 Å². The van der Waals surface area contributed by atoms with Crippen LogP contribution in [0.1, 0.15) is 30.4 Å². The summed E-state index contributed by atoms with van der Waals surface area (Å²) in [5.41, 5.74) is 1.48. The molecule has 1 saturated carbocycles. The van der Waals surface area contributed by atoms with E-state index in [1.165, 1.54) is 12.8 Å². The normalized spacial score (nSPS) is 14.5. The number of hydrogen-bond donors (Lipinski definition) is 0. The third-order valence-corrected chi connectivity index (χ3v) is 3.59. The van der Waals surface area contributed by atoms with Gasteiger partial charge in [-0.15, -0.1) is 0 Å². The van der Waals surface area contributed by atoms with E-state index in [9.17, 15) is 0 Å². The molecule has 0 unspecified atom stereocenters. The van der Waals surface area contributed by atoms with Gasteiger partial charge in [0.1, 0.15) is 10.9 Å². The van der Waals surface area contributed by atoms with Gasteiger partial charge in [0.25, 0.3) is 0 Å². The van der Waals surface area contributed by atoms with Crippen LogP contribution in [-0.2, 0) is 6.61 Å². The number of hydrogen-bond acceptors (Lipinski definition) is 5. The highest BCUT2D eigenvalue weighted by Gasteiger charge is 2.27. The van der Waals surface area contributed by atoms with Crippen LogP contribution in [0.5, 0.6) is 5.88 Å². The maximum absolute atomic E-state index is 5.84. The molecule has 0 saturated heterocycles. The van der Waals surface area contributed by atoms with Crippen LogP contribution >= 0.6 is 11.6 Å². The van der Waals surface area contributed by atoms with Crippen LogP contribution in [0.15, 0.2) is 34.9 Å². The van der Waals surface area contributed by atoms with Crippen molar-refractivity contribution >= 4 is 22.6 Å². The molecule has 0 N–H and O–H groups in total. The number of rotatable bonds is 4. The van der Waals surface area contributed by atoms with Crippen molar-refractivity contribution in [2.45, 2.75) is 25.4 Å². The average Bonchev–Trinajstić information content (AvgIpc) is 3.24. The van der Waals surface area contributed by atoms with Gasteiger partial charge in [-0.3, -0.25) is 0 Å². The Morgan fingerprint density at radius 3 is 2.81 bits per heavy atom. The Bertz CT molecular complexity index is 798. The number of pyridine rings is 2. The van der Waals surface area contributed by atoms with Crippen LogP contribution < -0.4 is 4.74 Å². The molecule has 1 fully saturated rings. The second-order valence-electron chi connectivity index (χ2n) is 5.04. The summed E-state index contributed by atoms with van der Waals surface area (Å²) in [7, 11) is 0. The third kappa shape index (κ3) is 2.69. The second-order valence-corrected chi connectivity index (χ2v) is 5.43. The predicted molar refractivity (Wildman–Crippen MR) is 77.4 cm³/mol. The summed E-state index contributed by atoms with van der Waals surface area (Å²) in [4.78, 5) is 12.8. The van der Waals surface area contributed by atoms with Crippen molar-refractivity contribution in [3.05, 3.63) is 47.3 Å². The van der Waals surface area contributed by atoms with Gasteiger partial charge in [0.05, 0.1) is 17.2 Å². The number of fused-ring (bicyclic) bond motifs is 1. The van der Waals surface area contributed by atoms with Crippen LogP contribution in [0.3, 0.4) is 0 Å². The molecule has 0 atom stereocenters. The largest absolute Gasteiger partial charge is 0.468 e. The zero-order valence-electron chi connectivity index (χ0n) is 11.1. The van der Waals surface area contributed by atoms with Crippen LogP contribution in [-0.4, -0.2) is 15.0 Å². The molecule has 0 radical (unpaired) electrons. The molecular weight excluding hydrogens is 290 g/mol. The molecule has 0 aliphatic heterocycles. The maximum atomic E-state index is 5.84. The molecule has 3 aromatic heterocycles. The molecule has 1 aliphatic rings. The lowest BCUT2D eigenvalue weighted by molar-refractivity contribution is 0.251. The molecule has 0 bridgehead atoms. The van der Waals surface area contributed by atoms with E-state index in [-0.39, 0.29) is 6.61 Å². The van der Waals surface area contributed by atoms with Crippen molar-refractivity contribution in [1.29, 1.82) is 0 Å². The highest BCUT2D eigenvalue weighted by Crippen LogP contribution is 2.40. The van der Waals surface area contributed by atoms with Crippen molar-refractivity contribution in [3.63, 3.8) is 0 Å². The summed E-state index contributed by atoms with van der Waals surface area (Å²) in [6, 6.07) is 7.11. The quantitative estimate of drug-likeness (QED) is 0.687. The molecule has 1 aliphatic carbocycles. The highest BCUT2D eigenvalue weighted by atomic mass is 35.5. The summed E-state index contributed by atoms with van der Waals surface area (Å²) in [5.74, 6) is 2.60. The Morgan fingerprint density at radius 1 is 1.14 bits per heavy atom. The van der Waals surface area contributed by atoms with Crippen molar-refractivity contribution in [2.75, 3.05) is 0 Å². The van der Waals surface area contributed by atoms with Gasteiger partial charge in [-0.1, -0.05) is 11.6 Å². The molecule has 21 heavy (non-hydrogen) atoms. The number of aromatic nitrogens is 3. The van der Waals surface area contributed by atoms with E-state index in [0.29, 0.717) is 22.8 Å². The van der Waals surface area contributed by atoms with Crippen molar-refractivity contribution in [2.24, 2.45) is 0 Å². The lowest BCUT2D eigenvalue weighted by atomic mass is 10.3. The molecule has 0 aromatic carbocycles. The monoisotopic (exact) mass is 301 g/mol.